The SMILES string of the molecule is COc1ccc(-c2cc(N)n(C)n2)cc1-c1ccccc1. The molecule has 0 fully saturated rings. The minimum atomic E-state index is 0.641. The van der Waals surface area contributed by atoms with E-state index in [4.69, 9.17) is 10.5 Å². The lowest BCUT2D eigenvalue weighted by atomic mass is 10.0. The molecule has 1 aromatic heterocycles. The van der Waals surface area contributed by atoms with Crippen LogP contribution in [0.1, 0.15) is 0 Å². The molecule has 4 nitrogen and oxygen atoms in total. The summed E-state index contributed by atoms with van der Waals surface area (Å²) in [5, 5.41) is 4.42. The molecule has 106 valence electrons. The van der Waals surface area contributed by atoms with Crippen molar-refractivity contribution in [2.45, 2.75) is 0 Å². The molecular formula is C17H17N3O. The number of nitrogen functional groups attached to an aromatic ring is 1. The van der Waals surface area contributed by atoms with Gasteiger partial charge >= 0.3 is 0 Å². The first-order chi connectivity index (χ1) is 10.2. The van der Waals surface area contributed by atoms with E-state index >= 15 is 0 Å². The highest BCUT2D eigenvalue weighted by atomic mass is 16.5. The number of anilines is 1. The number of nitrogens with two attached hydrogens (primary N) is 1. The number of benzene rings is 2. The van der Waals surface area contributed by atoms with Crippen LogP contribution in [0.2, 0.25) is 0 Å². The minimum absolute atomic E-state index is 0.641. The molecule has 0 bridgehead atoms. The molecule has 0 saturated carbocycles. The molecule has 21 heavy (non-hydrogen) atoms. The lowest BCUT2D eigenvalue weighted by Gasteiger charge is -2.10. The Kier molecular flexibility index (Phi) is 3.36. The smallest absolute Gasteiger partial charge is 0.126 e. The molecule has 0 aliphatic rings. The van der Waals surface area contributed by atoms with Gasteiger partial charge in [-0.1, -0.05) is 30.3 Å². The van der Waals surface area contributed by atoms with Crippen molar-refractivity contribution in [3.8, 4) is 28.1 Å². The fourth-order valence-electron chi connectivity index (χ4n) is 2.33. The molecule has 0 saturated heterocycles. The standard InChI is InChI=1S/C17H17N3O/c1-20-17(18)11-15(19-20)13-8-9-16(21-2)14(10-13)12-6-4-3-5-7-12/h3-11H,18H2,1-2H3. The Morgan fingerprint density at radius 3 is 2.38 bits per heavy atom. The van der Waals surface area contributed by atoms with Gasteiger partial charge < -0.3 is 10.5 Å². The summed E-state index contributed by atoms with van der Waals surface area (Å²) in [6.45, 7) is 0. The fraction of sp³-hybridized carbons (Fsp3) is 0.118. The number of aromatic nitrogens is 2. The van der Waals surface area contributed by atoms with E-state index < -0.39 is 0 Å². The maximum Gasteiger partial charge on any atom is 0.126 e. The average molecular weight is 279 g/mol. The van der Waals surface area contributed by atoms with Crippen LogP contribution in [0.4, 0.5) is 5.82 Å². The Labute approximate surface area is 123 Å². The van der Waals surface area contributed by atoms with Crippen LogP contribution in [0.5, 0.6) is 5.75 Å². The maximum atomic E-state index is 5.86. The first-order valence-electron chi connectivity index (χ1n) is 6.72. The Balaban J connectivity index is 2.13. The van der Waals surface area contributed by atoms with Crippen molar-refractivity contribution in [2.24, 2.45) is 7.05 Å². The molecule has 2 N–H and O–H groups in total. The van der Waals surface area contributed by atoms with Crippen LogP contribution in [0, 0.1) is 0 Å². The summed E-state index contributed by atoms with van der Waals surface area (Å²) in [6.07, 6.45) is 0. The van der Waals surface area contributed by atoms with Gasteiger partial charge in [-0.3, -0.25) is 4.68 Å². The van der Waals surface area contributed by atoms with Crippen molar-refractivity contribution >= 4 is 5.82 Å². The molecule has 0 unspecified atom stereocenters. The van der Waals surface area contributed by atoms with E-state index in [0.717, 1.165) is 28.1 Å². The van der Waals surface area contributed by atoms with Crippen molar-refractivity contribution in [3.05, 3.63) is 54.6 Å². The molecule has 0 spiro atoms. The predicted octanol–water partition coefficient (Wildman–Crippen LogP) is 3.34. The predicted molar refractivity (Wildman–Crippen MR) is 85.0 cm³/mol. The van der Waals surface area contributed by atoms with Crippen LogP contribution < -0.4 is 10.5 Å². The first-order valence-corrected chi connectivity index (χ1v) is 6.72. The second-order valence-corrected chi connectivity index (χ2v) is 4.86. The molecule has 3 rings (SSSR count). The van der Waals surface area contributed by atoms with Gasteiger partial charge in [0.1, 0.15) is 11.6 Å². The second-order valence-electron chi connectivity index (χ2n) is 4.86. The lowest BCUT2D eigenvalue weighted by molar-refractivity contribution is 0.416. The molecule has 0 radical (unpaired) electrons. The summed E-state index contributed by atoms with van der Waals surface area (Å²) in [5.41, 5.74) is 9.88. The van der Waals surface area contributed by atoms with Crippen LogP contribution in [-0.4, -0.2) is 16.9 Å². The third-order valence-corrected chi connectivity index (χ3v) is 3.50. The van der Waals surface area contributed by atoms with Gasteiger partial charge in [-0.15, -0.1) is 0 Å². The van der Waals surface area contributed by atoms with Crippen molar-refractivity contribution in [2.75, 3.05) is 12.8 Å². The van der Waals surface area contributed by atoms with Gasteiger partial charge in [0.15, 0.2) is 0 Å². The van der Waals surface area contributed by atoms with Crippen LogP contribution >= 0.6 is 0 Å². The van der Waals surface area contributed by atoms with Gasteiger partial charge in [0.25, 0.3) is 0 Å². The van der Waals surface area contributed by atoms with Crippen LogP contribution in [-0.2, 0) is 7.05 Å². The van der Waals surface area contributed by atoms with Crippen LogP contribution in [0.3, 0.4) is 0 Å². The van der Waals surface area contributed by atoms with E-state index in [1.165, 1.54) is 0 Å². The molecule has 4 heteroatoms. The summed E-state index contributed by atoms with van der Waals surface area (Å²) >= 11 is 0. The minimum Gasteiger partial charge on any atom is -0.496 e. The van der Waals surface area contributed by atoms with E-state index in [-0.39, 0.29) is 0 Å². The molecule has 0 amide bonds. The van der Waals surface area contributed by atoms with Crippen molar-refractivity contribution in [3.63, 3.8) is 0 Å². The zero-order chi connectivity index (χ0) is 14.8. The maximum absolute atomic E-state index is 5.86. The van der Waals surface area contributed by atoms with E-state index in [1.807, 2.05) is 43.4 Å². The molecule has 3 aromatic rings. The van der Waals surface area contributed by atoms with E-state index in [0.29, 0.717) is 5.82 Å². The normalized spacial score (nSPS) is 10.6. The third-order valence-electron chi connectivity index (χ3n) is 3.50. The summed E-state index contributed by atoms with van der Waals surface area (Å²) in [4.78, 5) is 0. The second kappa shape index (κ2) is 5.32. The number of methoxy groups -OCH3 is 1. The molecule has 0 aliphatic heterocycles. The van der Waals surface area contributed by atoms with Gasteiger partial charge in [0, 0.05) is 24.2 Å². The molecular weight excluding hydrogens is 262 g/mol. The van der Waals surface area contributed by atoms with Crippen molar-refractivity contribution < 1.29 is 4.74 Å². The Morgan fingerprint density at radius 1 is 1.00 bits per heavy atom. The Hall–Kier alpha value is -2.75. The summed E-state index contributed by atoms with van der Waals surface area (Å²) < 4.78 is 7.14. The van der Waals surface area contributed by atoms with E-state index in [9.17, 15) is 0 Å². The van der Waals surface area contributed by atoms with Crippen molar-refractivity contribution in [1.29, 1.82) is 0 Å². The quantitative estimate of drug-likeness (QED) is 0.800. The number of nitrogens with zero attached hydrogens (tertiary/aromatic N) is 2. The number of rotatable bonds is 3. The highest BCUT2D eigenvalue weighted by Crippen LogP contribution is 2.34. The van der Waals surface area contributed by atoms with Gasteiger partial charge in [0.05, 0.1) is 12.8 Å². The first kappa shape index (κ1) is 13.2. The molecule has 0 aliphatic carbocycles. The van der Waals surface area contributed by atoms with Gasteiger partial charge in [-0.25, -0.2) is 0 Å². The number of ether oxygens (including phenoxy) is 1. The number of aryl methyl sites for hydroxylation is 1. The average Bonchev–Trinajstić information content (AvgIpc) is 2.87. The molecule has 2 aromatic carbocycles. The highest BCUT2D eigenvalue weighted by Gasteiger charge is 2.10. The Bertz CT molecular complexity index is 743. The largest absolute Gasteiger partial charge is 0.496 e. The summed E-state index contributed by atoms with van der Waals surface area (Å²) in [6, 6.07) is 18.1. The van der Waals surface area contributed by atoms with E-state index in [1.54, 1.807) is 11.8 Å². The molecule has 0 atom stereocenters. The number of hydrogen-bond acceptors (Lipinski definition) is 3. The fourth-order valence-corrected chi connectivity index (χ4v) is 2.33. The lowest BCUT2D eigenvalue weighted by Crippen LogP contribution is -1.96. The molecule has 1 heterocycles. The Morgan fingerprint density at radius 2 is 1.76 bits per heavy atom. The van der Waals surface area contributed by atoms with Crippen molar-refractivity contribution in [1.82, 2.24) is 9.78 Å². The van der Waals surface area contributed by atoms with Gasteiger partial charge in [-0.05, 0) is 23.8 Å². The summed E-state index contributed by atoms with van der Waals surface area (Å²) in [7, 11) is 3.51. The zero-order valence-electron chi connectivity index (χ0n) is 12.1. The van der Waals surface area contributed by atoms with Crippen LogP contribution in [0.25, 0.3) is 22.4 Å². The monoisotopic (exact) mass is 279 g/mol. The third kappa shape index (κ3) is 2.48. The topological polar surface area (TPSA) is 53.1 Å². The van der Waals surface area contributed by atoms with E-state index in [2.05, 4.69) is 23.3 Å². The highest BCUT2D eigenvalue weighted by molar-refractivity contribution is 5.77. The van der Waals surface area contributed by atoms with Crippen LogP contribution in [0.15, 0.2) is 54.6 Å². The van der Waals surface area contributed by atoms with Gasteiger partial charge in [-0.2, -0.15) is 5.10 Å². The summed E-state index contributed by atoms with van der Waals surface area (Å²) in [5.74, 6) is 1.48. The van der Waals surface area contributed by atoms with Gasteiger partial charge in [0.2, 0.25) is 0 Å². The number of hydrogen-bond donors (Lipinski definition) is 1. The zero-order valence-corrected chi connectivity index (χ0v) is 12.1.